The van der Waals surface area contributed by atoms with E-state index in [4.69, 9.17) is 0 Å². The molecular formula is C19H22N4O3S. The minimum atomic E-state index is -3.41. The number of fused-ring (bicyclic) bond motifs is 1. The fourth-order valence-electron chi connectivity index (χ4n) is 3.58. The Morgan fingerprint density at radius 3 is 2.56 bits per heavy atom. The second kappa shape index (κ2) is 7.38. The Morgan fingerprint density at radius 2 is 1.81 bits per heavy atom. The predicted octanol–water partition coefficient (Wildman–Crippen LogP) is 2.03. The van der Waals surface area contributed by atoms with Crippen molar-refractivity contribution in [3.63, 3.8) is 0 Å². The Kier molecular flexibility index (Phi) is 4.94. The van der Waals surface area contributed by atoms with Gasteiger partial charge >= 0.3 is 0 Å². The van der Waals surface area contributed by atoms with Crippen molar-refractivity contribution in [2.75, 3.05) is 25.0 Å². The van der Waals surface area contributed by atoms with Gasteiger partial charge in [-0.05, 0) is 54.7 Å². The lowest BCUT2D eigenvalue weighted by Gasteiger charge is -2.31. The number of pyridine rings is 1. The molecule has 27 heavy (non-hydrogen) atoms. The molecule has 0 unspecified atom stereocenters. The lowest BCUT2D eigenvalue weighted by atomic mass is 10.0. The largest absolute Gasteiger partial charge is 0.321 e. The third kappa shape index (κ3) is 3.73. The molecule has 1 amide bonds. The normalized spacial score (nSPS) is 18.2. The fourth-order valence-corrected chi connectivity index (χ4v) is 5.25. The molecule has 2 aromatic rings. The third-order valence-corrected chi connectivity index (χ3v) is 7.04. The molecule has 7 nitrogen and oxygen atoms in total. The van der Waals surface area contributed by atoms with Gasteiger partial charge in [-0.25, -0.2) is 0 Å². The highest BCUT2D eigenvalue weighted by atomic mass is 32.2. The van der Waals surface area contributed by atoms with Gasteiger partial charge in [-0.2, -0.15) is 17.0 Å². The Hall–Kier alpha value is -2.29. The van der Waals surface area contributed by atoms with Gasteiger partial charge in [0.1, 0.15) is 5.69 Å². The molecule has 0 radical (unpaired) electrons. The number of carbonyl (C=O) groups is 1. The SMILES string of the molecule is O=C(Nc1ccc2c(c1)CN(S(=O)(=O)N1CCCC1)CC2)c1ccccn1. The third-order valence-electron chi connectivity index (χ3n) is 5.06. The van der Waals surface area contributed by atoms with Crippen molar-refractivity contribution in [3.8, 4) is 0 Å². The van der Waals surface area contributed by atoms with Crippen molar-refractivity contribution in [2.45, 2.75) is 25.8 Å². The Bertz CT molecular complexity index is 941. The van der Waals surface area contributed by atoms with Crippen LogP contribution in [0.15, 0.2) is 42.6 Å². The van der Waals surface area contributed by atoms with E-state index in [9.17, 15) is 13.2 Å². The average Bonchev–Trinajstić information content (AvgIpc) is 3.24. The van der Waals surface area contributed by atoms with Crippen molar-refractivity contribution in [3.05, 3.63) is 59.4 Å². The lowest BCUT2D eigenvalue weighted by Crippen LogP contribution is -2.44. The molecule has 4 rings (SSSR count). The molecule has 1 fully saturated rings. The predicted molar refractivity (Wildman–Crippen MR) is 102 cm³/mol. The molecule has 0 bridgehead atoms. The van der Waals surface area contributed by atoms with E-state index in [0.29, 0.717) is 44.0 Å². The van der Waals surface area contributed by atoms with Crippen LogP contribution in [0.1, 0.15) is 34.5 Å². The van der Waals surface area contributed by atoms with Crippen LogP contribution in [-0.4, -0.2) is 47.6 Å². The van der Waals surface area contributed by atoms with Gasteiger partial charge in [-0.1, -0.05) is 12.1 Å². The average molecular weight is 386 g/mol. The molecule has 0 saturated carbocycles. The molecule has 1 aromatic heterocycles. The van der Waals surface area contributed by atoms with Crippen LogP contribution in [0.3, 0.4) is 0 Å². The number of benzene rings is 1. The maximum atomic E-state index is 12.8. The monoisotopic (exact) mass is 386 g/mol. The molecule has 3 heterocycles. The van der Waals surface area contributed by atoms with E-state index in [-0.39, 0.29) is 5.91 Å². The van der Waals surface area contributed by atoms with Crippen LogP contribution >= 0.6 is 0 Å². The van der Waals surface area contributed by atoms with E-state index in [1.54, 1.807) is 33.0 Å². The summed E-state index contributed by atoms with van der Waals surface area (Å²) in [5.41, 5.74) is 3.04. The summed E-state index contributed by atoms with van der Waals surface area (Å²) in [6.45, 7) is 2.03. The summed E-state index contributed by atoms with van der Waals surface area (Å²) in [6, 6.07) is 10.8. The maximum Gasteiger partial charge on any atom is 0.282 e. The minimum Gasteiger partial charge on any atom is -0.321 e. The number of nitrogens with one attached hydrogen (secondary N) is 1. The van der Waals surface area contributed by atoms with Gasteiger partial charge in [0.25, 0.3) is 16.1 Å². The molecule has 0 spiro atoms. The number of aromatic nitrogens is 1. The summed E-state index contributed by atoms with van der Waals surface area (Å²) in [4.78, 5) is 16.3. The standard InChI is InChI=1S/C19H22N4O3S/c24-19(18-5-1-2-9-20-18)21-17-7-6-15-8-12-23(14-16(15)13-17)27(25,26)22-10-3-4-11-22/h1-2,5-7,9,13H,3-4,8,10-12,14H2,(H,21,24). The van der Waals surface area contributed by atoms with Crippen LogP contribution in [-0.2, 0) is 23.2 Å². The van der Waals surface area contributed by atoms with Crippen molar-refractivity contribution >= 4 is 21.8 Å². The van der Waals surface area contributed by atoms with E-state index in [1.807, 2.05) is 18.2 Å². The Labute approximate surface area is 159 Å². The van der Waals surface area contributed by atoms with Crippen LogP contribution in [0.25, 0.3) is 0 Å². The highest BCUT2D eigenvalue weighted by molar-refractivity contribution is 7.86. The van der Waals surface area contributed by atoms with Crippen LogP contribution in [0.2, 0.25) is 0 Å². The lowest BCUT2D eigenvalue weighted by molar-refractivity contribution is 0.102. The fraction of sp³-hybridized carbons (Fsp3) is 0.368. The van der Waals surface area contributed by atoms with Gasteiger partial charge in [-0.15, -0.1) is 0 Å². The van der Waals surface area contributed by atoms with Gasteiger partial charge < -0.3 is 5.32 Å². The molecule has 1 aromatic carbocycles. The van der Waals surface area contributed by atoms with Gasteiger partial charge in [0.05, 0.1) is 0 Å². The first-order valence-electron chi connectivity index (χ1n) is 9.13. The number of hydrogen-bond donors (Lipinski definition) is 1. The first-order valence-corrected chi connectivity index (χ1v) is 10.5. The van der Waals surface area contributed by atoms with Gasteiger partial charge in [0.2, 0.25) is 0 Å². The number of rotatable bonds is 4. The van der Waals surface area contributed by atoms with Crippen molar-refractivity contribution < 1.29 is 13.2 Å². The van der Waals surface area contributed by atoms with E-state index in [0.717, 1.165) is 24.0 Å². The van der Waals surface area contributed by atoms with E-state index in [1.165, 1.54) is 0 Å². The van der Waals surface area contributed by atoms with Crippen LogP contribution < -0.4 is 5.32 Å². The van der Waals surface area contributed by atoms with E-state index < -0.39 is 10.2 Å². The molecular weight excluding hydrogens is 364 g/mol. The minimum absolute atomic E-state index is 0.284. The molecule has 1 N–H and O–H groups in total. The molecule has 2 aliphatic rings. The number of nitrogens with zero attached hydrogens (tertiary/aromatic N) is 3. The van der Waals surface area contributed by atoms with Gasteiger partial charge in [0, 0.05) is 38.1 Å². The van der Waals surface area contributed by atoms with E-state index >= 15 is 0 Å². The highest BCUT2D eigenvalue weighted by Crippen LogP contribution is 2.27. The smallest absolute Gasteiger partial charge is 0.282 e. The van der Waals surface area contributed by atoms with Gasteiger partial charge in [0.15, 0.2) is 0 Å². The summed E-state index contributed by atoms with van der Waals surface area (Å²) in [6.07, 6.45) is 4.10. The summed E-state index contributed by atoms with van der Waals surface area (Å²) < 4.78 is 28.8. The molecule has 1 saturated heterocycles. The highest BCUT2D eigenvalue weighted by Gasteiger charge is 2.33. The zero-order valence-electron chi connectivity index (χ0n) is 15.0. The summed E-state index contributed by atoms with van der Waals surface area (Å²) >= 11 is 0. The zero-order chi connectivity index (χ0) is 18.9. The quantitative estimate of drug-likeness (QED) is 0.872. The molecule has 0 aliphatic carbocycles. The second-order valence-electron chi connectivity index (χ2n) is 6.85. The second-order valence-corrected chi connectivity index (χ2v) is 8.78. The number of amides is 1. The summed E-state index contributed by atoms with van der Waals surface area (Å²) in [5, 5.41) is 2.84. The van der Waals surface area contributed by atoms with Crippen molar-refractivity contribution in [1.29, 1.82) is 0 Å². The van der Waals surface area contributed by atoms with Crippen molar-refractivity contribution in [2.24, 2.45) is 0 Å². The maximum absolute atomic E-state index is 12.8. The zero-order valence-corrected chi connectivity index (χ0v) is 15.8. The molecule has 0 atom stereocenters. The van der Waals surface area contributed by atoms with Crippen molar-refractivity contribution in [1.82, 2.24) is 13.6 Å². The first kappa shape index (κ1) is 18.1. The number of anilines is 1. The number of carbonyl (C=O) groups excluding carboxylic acids is 1. The van der Waals surface area contributed by atoms with Crippen LogP contribution in [0, 0.1) is 0 Å². The van der Waals surface area contributed by atoms with E-state index in [2.05, 4.69) is 10.3 Å². The topological polar surface area (TPSA) is 82.6 Å². The number of hydrogen-bond acceptors (Lipinski definition) is 4. The summed E-state index contributed by atoms with van der Waals surface area (Å²) in [7, 11) is -3.41. The molecule has 142 valence electrons. The summed E-state index contributed by atoms with van der Waals surface area (Å²) in [5.74, 6) is -0.284. The van der Waals surface area contributed by atoms with Crippen LogP contribution in [0.5, 0.6) is 0 Å². The Morgan fingerprint density at radius 1 is 1.00 bits per heavy atom. The Balaban J connectivity index is 1.51. The van der Waals surface area contributed by atoms with Crippen LogP contribution in [0.4, 0.5) is 5.69 Å². The first-order chi connectivity index (χ1) is 13.0. The molecule has 8 heteroatoms. The molecule has 2 aliphatic heterocycles. The van der Waals surface area contributed by atoms with Gasteiger partial charge in [-0.3, -0.25) is 9.78 Å².